The molecule has 0 atom stereocenters. The molecule has 3 rings (SSSR count). The zero-order valence-corrected chi connectivity index (χ0v) is 20.4. The van der Waals surface area contributed by atoms with Crippen LogP contribution in [-0.4, -0.2) is 65.1 Å². The van der Waals surface area contributed by atoms with Gasteiger partial charge in [-0.15, -0.1) is 0 Å². The van der Waals surface area contributed by atoms with Crippen molar-refractivity contribution < 1.29 is 26.4 Å². The van der Waals surface area contributed by atoms with Crippen molar-refractivity contribution in [3.05, 3.63) is 54.1 Å². The fourth-order valence-electron chi connectivity index (χ4n) is 3.35. The molecule has 0 saturated carbocycles. The average Bonchev–Trinajstić information content (AvgIpc) is 2.82. The third kappa shape index (κ3) is 6.32. The molecule has 1 heterocycles. The average molecular weight is 496 g/mol. The number of hydrogen-bond donors (Lipinski definition) is 1. The summed E-state index contributed by atoms with van der Waals surface area (Å²) in [5, 5.41) is 2.71. The van der Waals surface area contributed by atoms with Gasteiger partial charge in [0.1, 0.15) is 5.75 Å². The summed E-state index contributed by atoms with van der Waals surface area (Å²) >= 11 is 0. The highest BCUT2D eigenvalue weighted by Crippen LogP contribution is 2.21. The van der Waals surface area contributed by atoms with Crippen LogP contribution in [0.4, 0.5) is 0 Å². The first-order chi connectivity index (χ1) is 15.6. The minimum Gasteiger partial charge on any atom is -0.484 e. The van der Waals surface area contributed by atoms with E-state index in [1.54, 1.807) is 24.3 Å². The van der Waals surface area contributed by atoms with Crippen molar-refractivity contribution in [1.82, 2.24) is 13.9 Å². The number of carbonyl (C=O) groups is 1. The number of hydrogen-bond acceptors (Lipinski definition) is 6. The summed E-state index contributed by atoms with van der Waals surface area (Å²) in [5.74, 6) is 0.0140. The van der Waals surface area contributed by atoms with Crippen molar-refractivity contribution in [3.8, 4) is 5.75 Å². The van der Waals surface area contributed by atoms with E-state index in [1.165, 1.54) is 42.7 Å². The summed E-state index contributed by atoms with van der Waals surface area (Å²) < 4.78 is 57.6. The number of piperidine rings is 1. The molecule has 1 aliphatic heterocycles. The summed E-state index contributed by atoms with van der Waals surface area (Å²) in [6.07, 6.45) is 2.81. The molecule has 0 radical (unpaired) electrons. The smallest absolute Gasteiger partial charge is 0.258 e. The molecule has 1 saturated heterocycles. The fraction of sp³-hybridized carbons (Fsp3) is 0.409. The Balaban J connectivity index is 1.49. The summed E-state index contributed by atoms with van der Waals surface area (Å²) in [7, 11) is -4.11. The van der Waals surface area contributed by atoms with Crippen LogP contribution >= 0.6 is 0 Å². The number of amides is 1. The maximum absolute atomic E-state index is 12.7. The van der Waals surface area contributed by atoms with Crippen LogP contribution in [0.5, 0.6) is 5.75 Å². The van der Waals surface area contributed by atoms with Gasteiger partial charge in [-0.1, -0.05) is 18.6 Å². The summed E-state index contributed by atoms with van der Waals surface area (Å²) in [6, 6.07) is 12.3. The first-order valence-corrected chi connectivity index (χ1v) is 13.5. The van der Waals surface area contributed by atoms with Crippen LogP contribution in [-0.2, 0) is 31.4 Å². The molecule has 180 valence electrons. The third-order valence-electron chi connectivity index (χ3n) is 5.34. The Morgan fingerprint density at radius 1 is 0.909 bits per heavy atom. The quantitative estimate of drug-likeness (QED) is 0.568. The van der Waals surface area contributed by atoms with Gasteiger partial charge in [-0.2, -0.15) is 4.31 Å². The lowest BCUT2D eigenvalue weighted by Crippen LogP contribution is -2.35. The molecule has 1 aliphatic rings. The molecule has 0 spiro atoms. The Morgan fingerprint density at radius 2 is 1.48 bits per heavy atom. The molecule has 2 aromatic carbocycles. The Hall–Kier alpha value is -2.47. The number of sulfonamides is 2. The number of carbonyl (C=O) groups excluding carboxylic acids is 1. The summed E-state index contributed by atoms with van der Waals surface area (Å²) in [4.78, 5) is 12.5. The van der Waals surface area contributed by atoms with Gasteiger partial charge in [0.05, 0.1) is 9.79 Å². The molecular formula is C22H29N3O6S2. The maximum atomic E-state index is 12.7. The van der Waals surface area contributed by atoms with Crippen molar-refractivity contribution in [2.24, 2.45) is 0 Å². The molecule has 1 fully saturated rings. The van der Waals surface area contributed by atoms with Crippen molar-refractivity contribution in [1.29, 1.82) is 0 Å². The first kappa shape index (κ1) is 25.2. The number of rotatable bonds is 9. The van der Waals surface area contributed by atoms with Gasteiger partial charge < -0.3 is 10.1 Å². The second-order valence-electron chi connectivity index (χ2n) is 7.93. The predicted molar refractivity (Wildman–Crippen MR) is 124 cm³/mol. The Labute approximate surface area is 195 Å². The number of ether oxygens (including phenoxy) is 1. The first-order valence-electron chi connectivity index (χ1n) is 10.6. The van der Waals surface area contributed by atoms with Gasteiger partial charge in [0.25, 0.3) is 5.91 Å². The monoisotopic (exact) mass is 495 g/mol. The molecule has 2 aromatic rings. The standard InChI is InChI=1S/C22H29N3O6S2/c1-24(2)32(27,28)20-12-8-19(9-13-20)31-17-22(26)23-16-18-6-10-21(11-7-18)33(29,30)25-14-4-3-5-15-25/h6-13H,3-5,14-17H2,1-2H3,(H,23,26). The minimum atomic E-state index is -3.53. The van der Waals surface area contributed by atoms with Crippen molar-refractivity contribution in [3.63, 3.8) is 0 Å². The van der Waals surface area contributed by atoms with Gasteiger partial charge >= 0.3 is 0 Å². The van der Waals surface area contributed by atoms with Crippen LogP contribution in [0.3, 0.4) is 0 Å². The van der Waals surface area contributed by atoms with Crippen molar-refractivity contribution in [2.45, 2.75) is 35.6 Å². The van der Waals surface area contributed by atoms with Gasteiger partial charge in [0, 0.05) is 33.7 Å². The van der Waals surface area contributed by atoms with Gasteiger partial charge in [0.2, 0.25) is 20.0 Å². The van der Waals surface area contributed by atoms with Crippen molar-refractivity contribution >= 4 is 26.0 Å². The van der Waals surface area contributed by atoms with E-state index in [1.807, 2.05) is 0 Å². The Bertz CT molecular complexity index is 1160. The van der Waals surface area contributed by atoms with Gasteiger partial charge in [-0.05, 0) is 54.8 Å². The molecular weight excluding hydrogens is 466 g/mol. The molecule has 0 unspecified atom stereocenters. The zero-order valence-electron chi connectivity index (χ0n) is 18.7. The Kier molecular flexibility index (Phi) is 8.11. The van der Waals surface area contributed by atoms with Gasteiger partial charge in [-0.3, -0.25) is 4.79 Å². The van der Waals surface area contributed by atoms with E-state index in [0.29, 0.717) is 18.8 Å². The molecule has 0 aromatic heterocycles. The maximum Gasteiger partial charge on any atom is 0.258 e. The fourth-order valence-corrected chi connectivity index (χ4v) is 5.77. The number of nitrogens with zero attached hydrogens (tertiary/aromatic N) is 2. The van der Waals surface area contributed by atoms with Crippen LogP contribution < -0.4 is 10.1 Å². The van der Waals surface area contributed by atoms with Gasteiger partial charge in [0.15, 0.2) is 6.61 Å². The normalized spacial score (nSPS) is 15.4. The predicted octanol–water partition coefficient (Wildman–Crippen LogP) is 1.81. The highest BCUT2D eigenvalue weighted by molar-refractivity contribution is 7.89. The van der Waals surface area contributed by atoms with E-state index in [0.717, 1.165) is 29.1 Å². The molecule has 0 bridgehead atoms. The largest absolute Gasteiger partial charge is 0.484 e. The van der Waals surface area contributed by atoms with E-state index >= 15 is 0 Å². The van der Waals surface area contributed by atoms with E-state index < -0.39 is 20.0 Å². The topological polar surface area (TPSA) is 113 Å². The van der Waals surface area contributed by atoms with Crippen molar-refractivity contribution in [2.75, 3.05) is 33.8 Å². The second-order valence-corrected chi connectivity index (χ2v) is 12.0. The van der Waals surface area contributed by atoms with Crippen LogP contribution in [0.2, 0.25) is 0 Å². The second kappa shape index (κ2) is 10.6. The van der Waals surface area contributed by atoms with Crippen LogP contribution in [0.25, 0.3) is 0 Å². The van der Waals surface area contributed by atoms with Crippen LogP contribution in [0, 0.1) is 0 Å². The highest BCUT2D eigenvalue weighted by Gasteiger charge is 2.25. The van der Waals surface area contributed by atoms with Crippen LogP contribution in [0.15, 0.2) is 58.3 Å². The molecule has 1 N–H and O–H groups in total. The lowest BCUT2D eigenvalue weighted by Gasteiger charge is -2.25. The van der Waals surface area contributed by atoms with E-state index in [4.69, 9.17) is 4.74 Å². The van der Waals surface area contributed by atoms with E-state index in [2.05, 4.69) is 5.32 Å². The van der Waals surface area contributed by atoms with Crippen LogP contribution in [0.1, 0.15) is 24.8 Å². The molecule has 1 amide bonds. The minimum absolute atomic E-state index is 0.134. The van der Waals surface area contributed by atoms with E-state index in [9.17, 15) is 21.6 Å². The lowest BCUT2D eigenvalue weighted by atomic mass is 10.2. The number of nitrogens with one attached hydrogen (secondary N) is 1. The molecule has 9 nitrogen and oxygen atoms in total. The third-order valence-corrected chi connectivity index (χ3v) is 9.08. The molecule has 11 heteroatoms. The van der Waals surface area contributed by atoms with E-state index in [-0.39, 0.29) is 28.8 Å². The summed E-state index contributed by atoms with van der Waals surface area (Å²) in [5.41, 5.74) is 0.763. The number of benzene rings is 2. The lowest BCUT2D eigenvalue weighted by molar-refractivity contribution is -0.123. The Morgan fingerprint density at radius 3 is 2.06 bits per heavy atom. The SMILES string of the molecule is CN(C)S(=O)(=O)c1ccc(OCC(=O)NCc2ccc(S(=O)(=O)N3CCCCC3)cc2)cc1. The molecule has 33 heavy (non-hydrogen) atoms. The highest BCUT2D eigenvalue weighted by atomic mass is 32.2. The zero-order chi connectivity index (χ0) is 24.1. The molecule has 0 aliphatic carbocycles. The summed E-state index contributed by atoms with van der Waals surface area (Å²) in [6.45, 7) is 1.09. The van der Waals surface area contributed by atoms with Gasteiger partial charge in [-0.25, -0.2) is 21.1 Å².